The maximum atomic E-state index is 12.7. The molecule has 3 rings (SSSR count). The van der Waals surface area contributed by atoms with Crippen molar-refractivity contribution < 1.29 is 42.2 Å². The molecule has 1 aliphatic heterocycles. The van der Waals surface area contributed by atoms with Crippen LogP contribution < -0.4 is 10.1 Å². The Morgan fingerprint density at radius 1 is 1.14 bits per heavy atom. The third kappa shape index (κ3) is 6.41. The van der Waals surface area contributed by atoms with Crippen molar-refractivity contribution in [1.29, 1.82) is 0 Å². The zero-order chi connectivity index (χ0) is 25.8. The fourth-order valence-corrected chi connectivity index (χ4v) is 4.00. The van der Waals surface area contributed by atoms with E-state index < -0.39 is 34.8 Å². The van der Waals surface area contributed by atoms with Crippen LogP contribution in [0.1, 0.15) is 33.5 Å². The molecule has 3 amide bonds. The predicted molar refractivity (Wildman–Crippen MR) is 121 cm³/mol. The standard InChI is InChI=1S/C23H19F3N2O6S/c1-34-17-7-4-14(11-18-21(32)28(22(33)35-18)9-8-19(29)30)10-16(17)20(31)27-12-13-2-5-15(6-3-13)23(24,25)26/h2-7,10-11H,8-9,12H2,1H3,(H,27,31)(H,29,30)/b18-11-. The van der Waals surface area contributed by atoms with Gasteiger partial charge in [-0.15, -0.1) is 0 Å². The quantitative estimate of drug-likeness (QED) is 0.515. The first-order chi connectivity index (χ1) is 16.5. The topological polar surface area (TPSA) is 113 Å². The minimum Gasteiger partial charge on any atom is -0.496 e. The van der Waals surface area contributed by atoms with Crippen molar-refractivity contribution in [2.45, 2.75) is 19.1 Å². The van der Waals surface area contributed by atoms with Crippen LogP contribution in [0.4, 0.5) is 18.0 Å². The van der Waals surface area contributed by atoms with Crippen LogP contribution in [0.2, 0.25) is 0 Å². The van der Waals surface area contributed by atoms with Gasteiger partial charge in [0.1, 0.15) is 5.75 Å². The highest BCUT2D eigenvalue weighted by atomic mass is 32.2. The van der Waals surface area contributed by atoms with Crippen molar-refractivity contribution in [3.05, 3.63) is 69.6 Å². The van der Waals surface area contributed by atoms with E-state index >= 15 is 0 Å². The van der Waals surface area contributed by atoms with E-state index in [1.165, 1.54) is 37.5 Å². The van der Waals surface area contributed by atoms with Crippen molar-refractivity contribution in [1.82, 2.24) is 10.2 Å². The molecule has 0 aliphatic carbocycles. The van der Waals surface area contributed by atoms with Crippen molar-refractivity contribution in [2.75, 3.05) is 13.7 Å². The van der Waals surface area contributed by atoms with Crippen LogP contribution >= 0.6 is 11.8 Å². The van der Waals surface area contributed by atoms with Gasteiger partial charge in [0.25, 0.3) is 17.1 Å². The summed E-state index contributed by atoms with van der Waals surface area (Å²) in [4.78, 5) is 48.9. The van der Waals surface area contributed by atoms with E-state index in [-0.39, 0.29) is 35.7 Å². The Labute approximate surface area is 201 Å². The lowest BCUT2D eigenvalue weighted by Crippen LogP contribution is -2.30. The minimum absolute atomic E-state index is 0.0349. The van der Waals surface area contributed by atoms with Gasteiger partial charge >= 0.3 is 12.1 Å². The molecule has 0 bridgehead atoms. The second-order valence-corrected chi connectivity index (χ2v) is 8.31. The zero-order valence-electron chi connectivity index (χ0n) is 18.2. The van der Waals surface area contributed by atoms with Crippen LogP contribution in [0.15, 0.2) is 47.4 Å². The number of hydrogen-bond donors (Lipinski definition) is 2. The first-order valence-corrected chi connectivity index (χ1v) is 10.9. The summed E-state index contributed by atoms with van der Waals surface area (Å²) in [5, 5.41) is 10.8. The van der Waals surface area contributed by atoms with E-state index in [1.807, 2.05) is 0 Å². The number of carbonyl (C=O) groups excluding carboxylic acids is 3. The molecule has 2 aromatic carbocycles. The van der Waals surface area contributed by atoms with Crippen molar-refractivity contribution >= 4 is 40.9 Å². The third-order valence-corrected chi connectivity index (χ3v) is 5.83. The molecule has 2 aromatic rings. The molecule has 2 N–H and O–H groups in total. The summed E-state index contributed by atoms with van der Waals surface area (Å²) in [5.41, 5.74) is 0.179. The minimum atomic E-state index is -4.46. The van der Waals surface area contributed by atoms with E-state index in [0.717, 1.165) is 17.0 Å². The van der Waals surface area contributed by atoms with Crippen LogP contribution in [0.3, 0.4) is 0 Å². The maximum absolute atomic E-state index is 12.7. The molecule has 8 nitrogen and oxygen atoms in total. The number of amides is 3. The number of imide groups is 1. The number of benzene rings is 2. The number of carbonyl (C=O) groups is 4. The molecule has 0 saturated carbocycles. The van der Waals surface area contributed by atoms with Crippen molar-refractivity contribution in [3.63, 3.8) is 0 Å². The third-order valence-electron chi connectivity index (χ3n) is 4.92. The Bertz CT molecular complexity index is 1190. The van der Waals surface area contributed by atoms with E-state index in [9.17, 15) is 32.3 Å². The lowest BCUT2D eigenvalue weighted by molar-refractivity contribution is -0.138. The van der Waals surface area contributed by atoms with Gasteiger partial charge in [-0.25, -0.2) is 0 Å². The molecular weight excluding hydrogens is 489 g/mol. The van der Waals surface area contributed by atoms with E-state index in [1.54, 1.807) is 6.07 Å². The van der Waals surface area contributed by atoms with Crippen LogP contribution in [-0.4, -0.2) is 46.7 Å². The fourth-order valence-electron chi connectivity index (χ4n) is 3.13. The van der Waals surface area contributed by atoms with Gasteiger partial charge in [-0.2, -0.15) is 13.2 Å². The second-order valence-electron chi connectivity index (χ2n) is 7.31. The number of ether oxygens (including phenoxy) is 1. The van der Waals surface area contributed by atoms with E-state index in [4.69, 9.17) is 9.84 Å². The Kier molecular flexibility index (Phi) is 7.85. The Balaban J connectivity index is 1.75. The molecule has 1 heterocycles. The number of halogens is 3. The monoisotopic (exact) mass is 508 g/mol. The average Bonchev–Trinajstić information content (AvgIpc) is 3.07. The molecule has 0 spiro atoms. The number of hydrogen-bond acceptors (Lipinski definition) is 6. The maximum Gasteiger partial charge on any atom is 0.416 e. The fraction of sp³-hybridized carbons (Fsp3) is 0.217. The second kappa shape index (κ2) is 10.6. The van der Waals surface area contributed by atoms with Crippen LogP contribution in [0.25, 0.3) is 6.08 Å². The van der Waals surface area contributed by atoms with E-state index in [0.29, 0.717) is 22.9 Å². The first-order valence-electron chi connectivity index (χ1n) is 10.1. The molecule has 0 aromatic heterocycles. The largest absolute Gasteiger partial charge is 0.496 e. The smallest absolute Gasteiger partial charge is 0.416 e. The van der Waals surface area contributed by atoms with Gasteiger partial charge in [0.05, 0.1) is 29.6 Å². The highest BCUT2D eigenvalue weighted by Crippen LogP contribution is 2.33. The van der Waals surface area contributed by atoms with Gasteiger partial charge in [0, 0.05) is 13.1 Å². The number of thioether (sulfide) groups is 1. The number of nitrogens with one attached hydrogen (secondary N) is 1. The van der Waals surface area contributed by atoms with Gasteiger partial charge in [0.15, 0.2) is 0 Å². The SMILES string of the molecule is COc1ccc(/C=C2\SC(=O)N(CCC(=O)O)C2=O)cc1C(=O)NCc1ccc(C(F)(F)F)cc1. The van der Waals surface area contributed by atoms with Gasteiger partial charge < -0.3 is 15.2 Å². The summed E-state index contributed by atoms with van der Waals surface area (Å²) in [7, 11) is 1.36. The summed E-state index contributed by atoms with van der Waals surface area (Å²) in [6.07, 6.45) is -3.43. The number of alkyl halides is 3. The number of rotatable bonds is 8. The summed E-state index contributed by atoms with van der Waals surface area (Å²) in [6.45, 7) is -0.287. The zero-order valence-corrected chi connectivity index (χ0v) is 19.0. The molecular formula is C23H19F3N2O6S. The first kappa shape index (κ1) is 25.8. The Hall–Kier alpha value is -3.80. The predicted octanol–water partition coefficient (Wildman–Crippen LogP) is 4.16. The molecule has 1 aliphatic rings. The summed E-state index contributed by atoms with van der Waals surface area (Å²) in [6, 6.07) is 8.86. The molecule has 1 saturated heterocycles. The molecule has 12 heteroatoms. The summed E-state index contributed by atoms with van der Waals surface area (Å²) < 4.78 is 43.3. The van der Waals surface area contributed by atoms with Gasteiger partial charge in [-0.1, -0.05) is 18.2 Å². The molecule has 0 unspecified atom stereocenters. The molecule has 35 heavy (non-hydrogen) atoms. The van der Waals surface area contributed by atoms with Gasteiger partial charge in [0.2, 0.25) is 0 Å². The summed E-state index contributed by atoms with van der Waals surface area (Å²) >= 11 is 0.657. The number of nitrogens with zero attached hydrogens (tertiary/aromatic N) is 1. The van der Waals surface area contributed by atoms with Crippen molar-refractivity contribution in [3.8, 4) is 5.75 Å². The van der Waals surface area contributed by atoms with Crippen LogP contribution in [-0.2, 0) is 22.3 Å². The molecule has 184 valence electrons. The lowest BCUT2D eigenvalue weighted by Gasteiger charge is -2.12. The molecule has 1 fully saturated rings. The summed E-state index contributed by atoms with van der Waals surface area (Å²) in [5.74, 6) is -2.12. The number of methoxy groups -OCH3 is 1. The van der Waals surface area contributed by atoms with Crippen molar-refractivity contribution in [2.24, 2.45) is 0 Å². The normalized spacial score (nSPS) is 15.0. The number of aliphatic carboxylic acids is 1. The average molecular weight is 508 g/mol. The lowest BCUT2D eigenvalue weighted by atomic mass is 10.1. The van der Waals surface area contributed by atoms with Crippen LogP contribution in [0.5, 0.6) is 5.75 Å². The number of carboxylic acids is 1. The highest BCUT2D eigenvalue weighted by molar-refractivity contribution is 8.18. The Morgan fingerprint density at radius 2 is 1.83 bits per heavy atom. The Morgan fingerprint density at radius 3 is 2.43 bits per heavy atom. The molecule has 0 atom stereocenters. The number of carboxylic acid groups (broad SMARTS) is 1. The van der Waals surface area contributed by atoms with E-state index in [2.05, 4.69) is 5.32 Å². The highest BCUT2D eigenvalue weighted by Gasteiger charge is 2.35. The van der Waals surface area contributed by atoms with Gasteiger partial charge in [-0.3, -0.25) is 24.1 Å². The van der Waals surface area contributed by atoms with Crippen LogP contribution in [0, 0.1) is 0 Å². The van der Waals surface area contributed by atoms with Gasteiger partial charge in [-0.05, 0) is 53.2 Å². The molecule has 0 radical (unpaired) electrons.